The number of rotatable bonds is 6. The molecule has 1 aromatic heterocycles. The van der Waals surface area contributed by atoms with Crippen molar-refractivity contribution in [3.63, 3.8) is 0 Å². The maximum absolute atomic E-state index is 6.03. The third-order valence-corrected chi connectivity index (χ3v) is 4.69. The van der Waals surface area contributed by atoms with Crippen LogP contribution in [0, 0.1) is 0 Å². The minimum atomic E-state index is 0.212. The molecular formula is C15H19ClN2OS. The highest BCUT2D eigenvalue weighted by atomic mass is 35.5. The number of hydrogen-bond donors (Lipinski definition) is 1. The number of nitrogens with one attached hydrogen (secondary N) is 1. The van der Waals surface area contributed by atoms with Crippen LogP contribution in [0.1, 0.15) is 35.3 Å². The van der Waals surface area contributed by atoms with E-state index in [-0.39, 0.29) is 6.04 Å². The maximum atomic E-state index is 6.03. The van der Waals surface area contributed by atoms with Gasteiger partial charge in [-0.3, -0.25) is 0 Å². The van der Waals surface area contributed by atoms with Gasteiger partial charge in [-0.1, -0.05) is 18.5 Å². The van der Waals surface area contributed by atoms with Gasteiger partial charge in [0.05, 0.1) is 13.2 Å². The molecule has 20 heavy (non-hydrogen) atoms. The first-order chi connectivity index (χ1) is 9.63. The van der Waals surface area contributed by atoms with Crippen LogP contribution >= 0.6 is 22.9 Å². The van der Waals surface area contributed by atoms with Crippen molar-refractivity contribution in [1.29, 1.82) is 0 Å². The third kappa shape index (κ3) is 3.72. The number of ether oxygens (including phenoxy) is 1. The molecule has 0 aliphatic carbocycles. The predicted octanol–water partition coefficient (Wildman–Crippen LogP) is 4.22. The van der Waals surface area contributed by atoms with Crippen molar-refractivity contribution in [2.75, 3.05) is 7.11 Å². The second kappa shape index (κ2) is 7.07. The van der Waals surface area contributed by atoms with Gasteiger partial charge in [-0.05, 0) is 31.5 Å². The molecule has 3 nitrogen and oxygen atoms in total. The average Bonchev–Trinajstić information content (AvgIpc) is 2.94. The van der Waals surface area contributed by atoms with E-state index in [0.29, 0.717) is 6.54 Å². The Morgan fingerprint density at radius 3 is 2.90 bits per heavy atom. The Labute approximate surface area is 129 Å². The number of aromatic nitrogens is 1. The summed E-state index contributed by atoms with van der Waals surface area (Å²) in [6.45, 7) is 4.97. The summed E-state index contributed by atoms with van der Waals surface area (Å²) in [7, 11) is 1.67. The first kappa shape index (κ1) is 15.3. The molecule has 1 aromatic carbocycles. The molecular weight excluding hydrogens is 292 g/mol. The lowest BCUT2D eigenvalue weighted by Gasteiger charge is -2.13. The summed E-state index contributed by atoms with van der Waals surface area (Å²) < 4.78 is 5.35. The smallest absolute Gasteiger partial charge is 0.123 e. The number of aryl methyl sites for hydroxylation is 1. The molecule has 1 heterocycles. The van der Waals surface area contributed by atoms with Crippen molar-refractivity contribution in [3.05, 3.63) is 44.9 Å². The maximum Gasteiger partial charge on any atom is 0.123 e. The molecule has 108 valence electrons. The molecule has 0 fully saturated rings. The fourth-order valence-electron chi connectivity index (χ4n) is 1.92. The normalized spacial score (nSPS) is 12.4. The minimum absolute atomic E-state index is 0.212. The fraction of sp³-hybridized carbons (Fsp3) is 0.400. The van der Waals surface area contributed by atoms with Crippen molar-refractivity contribution < 1.29 is 4.74 Å². The monoisotopic (exact) mass is 310 g/mol. The lowest BCUT2D eigenvalue weighted by Crippen LogP contribution is -2.18. The molecule has 0 amide bonds. The lowest BCUT2D eigenvalue weighted by molar-refractivity contribution is 0.406. The van der Waals surface area contributed by atoms with Crippen LogP contribution in [0.2, 0.25) is 5.02 Å². The number of nitrogens with zero attached hydrogens (tertiary/aromatic N) is 1. The second-order valence-electron chi connectivity index (χ2n) is 4.58. The van der Waals surface area contributed by atoms with Crippen LogP contribution in [-0.4, -0.2) is 12.1 Å². The highest BCUT2D eigenvalue weighted by Gasteiger charge is 2.11. The highest BCUT2D eigenvalue weighted by molar-refractivity contribution is 7.11. The van der Waals surface area contributed by atoms with E-state index >= 15 is 0 Å². The second-order valence-corrected chi connectivity index (χ2v) is 6.16. The number of methoxy groups -OCH3 is 1. The van der Waals surface area contributed by atoms with Gasteiger partial charge >= 0.3 is 0 Å². The standard InChI is InChI=1S/C15H19ClN2OS/c1-4-13-9-18-15(20-13)10(2)17-8-11-7-12(16)5-6-14(11)19-3/h5-7,9-10,17H,4,8H2,1-3H3. The van der Waals surface area contributed by atoms with E-state index in [4.69, 9.17) is 16.3 Å². The van der Waals surface area contributed by atoms with Crippen molar-refractivity contribution in [1.82, 2.24) is 10.3 Å². The van der Waals surface area contributed by atoms with Gasteiger partial charge in [0, 0.05) is 28.2 Å². The predicted molar refractivity (Wildman–Crippen MR) is 84.8 cm³/mol. The molecule has 2 aromatic rings. The van der Waals surface area contributed by atoms with Crippen LogP contribution in [0.25, 0.3) is 0 Å². The SMILES string of the molecule is CCc1cnc(C(C)NCc2cc(Cl)ccc2OC)s1. The largest absolute Gasteiger partial charge is 0.496 e. The van der Waals surface area contributed by atoms with Gasteiger partial charge in [-0.2, -0.15) is 0 Å². The third-order valence-electron chi connectivity index (χ3n) is 3.13. The Hall–Kier alpha value is -1.10. The molecule has 0 saturated heterocycles. The Bertz CT molecular complexity index is 571. The molecule has 0 bridgehead atoms. The van der Waals surface area contributed by atoms with Gasteiger partial charge in [-0.15, -0.1) is 11.3 Å². The molecule has 0 spiro atoms. The van der Waals surface area contributed by atoms with Crippen LogP contribution in [-0.2, 0) is 13.0 Å². The highest BCUT2D eigenvalue weighted by Crippen LogP contribution is 2.24. The lowest BCUT2D eigenvalue weighted by atomic mass is 10.2. The molecule has 0 radical (unpaired) electrons. The molecule has 2 rings (SSSR count). The number of hydrogen-bond acceptors (Lipinski definition) is 4. The summed E-state index contributed by atoms with van der Waals surface area (Å²) in [5.74, 6) is 0.850. The zero-order chi connectivity index (χ0) is 14.5. The number of halogens is 1. The average molecular weight is 311 g/mol. The van der Waals surface area contributed by atoms with E-state index in [2.05, 4.69) is 24.1 Å². The molecule has 0 aliphatic heterocycles. The Balaban J connectivity index is 2.02. The van der Waals surface area contributed by atoms with Crippen molar-refractivity contribution in [3.8, 4) is 5.75 Å². The van der Waals surface area contributed by atoms with Crippen molar-refractivity contribution in [2.45, 2.75) is 32.9 Å². The summed E-state index contributed by atoms with van der Waals surface area (Å²) >= 11 is 7.79. The van der Waals surface area contributed by atoms with E-state index in [1.54, 1.807) is 18.4 Å². The summed E-state index contributed by atoms with van der Waals surface area (Å²) in [5, 5.41) is 5.30. The first-order valence-electron chi connectivity index (χ1n) is 6.64. The van der Waals surface area contributed by atoms with E-state index in [0.717, 1.165) is 27.8 Å². The zero-order valence-electron chi connectivity index (χ0n) is 11.9. The van der Waals surface area contributed by atoms with Gasteiger partial charge < -0.3 is 10.1 Å². The minimum Gasteiger partial charge on any atom is -0.496 e. The molecule has 1 atom stereocenters. The fourth-order valence-corrected chi connectivity index (χ4v) is 3.00. The summed E-state index contributed by atoms with van der Waals surface area (Å²) in [6, 6.07) is 5.87. The van der Waals surface area contributed by atoms with Gasteiger partial charge in [0.2, 0.25) is 0 Å². The Morgan fingerprint density at radius 2 is 2.25 bits per heavy atom. The molecule has 1 unspecified atom stereocenters. The van der Waals surface area contributed by atoms with Crippen LogP contribution < -0.4 is 10.1 Å². The topological polar surface area (TPSA) is 34.2 Å². The molecule has 0 aliphatic rings. The van der Waals surface area contributed by atoms with Crippen LogP contribution in [0.3, 0.4) is 0 Å². The van der Waals surface area contributed by atoms with E-state index < -0.39 is 0 Å². The molecule has 5 heteroatoms. The summed E-state index contributed by atoms with van der Waals surface area (Å²) in [6.07, 6.45) is 2.99. The zero-order valence-corrected chi connectivity index (χ0v) is 13.5. The molecule has 0 saturated carbocycles. The van der Waals surface area contributed by atoms with Crippen LogP contribution in [0.15, 0.2) is 24.4 Å². The van der Waals surface area contributed by atoms with Gasteiger partial charge in [0.15, 0.2) is 0 Å². The van der Waals surface area contributed by atoms with E-state index in [1.165, 1.54) is 4.88 Å². The van der Waals surface area contributed by atoms with E-state index in [1.807, 2.05) is 24.4 Å². The quantitative estimate of drug-likeness (QED) is 0.867. The Morgan fingerprint density at radius 1 is 1.45 bits per heavy atom. The van der Waals surface area contributed by atoms with Crippen molar-refractivity contribution >= 4 is 22.9 Å². The summed E-state index contributed by atoms with van der Waals surface area (Å²) in [5.41, 5.74) is 1.05. The first-order valence-corrected chi connectivity index (χ1v) is 7.84. The van der Waals surface area contributed by atoms with E-state index in [9.17, 15) is 0 Å². The van der Waals surface area contributed by atoms with Crippen molar-refractivity contribution in [2.24, 2.45) is 0 Å². The molecule has 1 N–H and O–H groups in total. The Kier molecular flexibility index (Phi) is 5.40. The summed E-state index contributed by atoms with van der Waals surface area (Å²) in [4.78, 5) is 5.77. The van der Waals surface area contributed by atoms with Gasteiger partial charge in [-0.25, -0.2) is 4.98 Å². The van der Waals surface area contributed by atoms with Gasteiger partial charge in [0.1, 0.15) is 10.8 Å². The van der Waals surface area contributed by atoms with Crippen LogP contribution in [0.4, 0.5) is 0 Å². The number of benzene rings is 1. The van der Waals surface area contributed by atoms with Gasteiger partial charge in [0.25, 0.3) is 0 Å². The van der Waals surface area contributed by atoms with Crippen LogP contribution in [0.5, 0.6) is 5.75 Å². The number of thiazole rings is 1.